The van der Waals surface area contributed by atoms with E-state index in [0.29, 0.717) is 52.4 Å². The Balaban J connectivity index is 0.00000123. The molecule has 0 aliphatic carbocycles. The molecule has 0 radical (unpaired) electrons. The van der Waals surface area contributed by atoms with Gasteiger partial charge in [0.15, 0.2) is 6.54 Å². The van der Waals surface area contributed by atoms with Crippen LogP contribution in [-0.2, 0) is 28.8 Å². The number of carboxylic acids is 3. The van der Waals surface area contributed by atoms with Crippen molar-refractivity contribution in [3.63, 3.8) is 0 Å². The van der Waals surface area contributed by atoms with Crippen LogP contribution in [0.1, 0.15) is 0 Å². The molecule has 0 aromatic heterocycles. The smallest absolute Gasteiger partial charge is 0.317 e. The SMILES string of the molecule is F[P-](F)(F)(F)(F)F.O=C(O)CN1CCN(CC(=O)O)CC[NH+](CC(=O)NCCN2C(=O)C=CC2=O)CCN(CC(=O)O)CC1. The topological polar surface area (TPSA) is 193 Å². The molecule has 22 heteroatoms. The normalized spacial score (nSPS) is 20.0. The van der Waals surface area contributed by atoms with E-state index in [9.17, 15) is 69.3 Å². The summed E-state index contributed by atoms with van der Waals surface area (Å²) in [5, 5.41) is 30.5. The van der Waals surface area contributed by atoms with Crippen molar-refractivity contribution in [2.75, 3.05) is 91.6 Å². The minimum Gasteiger partial charge on any atom is -0.480 e. The maximum Gasteiger partial charge on any atom is 0.317 e. The Hall–Kier alpha value is -3.39. The fraction of sp³-hybridized carbons (Fsp3) is 0.636. The first-order valence-electron chi connectivity index (χ1n) is 13.0. The van der Waals surface area contributed by atoms with Gasteiger partial charge in [-0.25, -0.2) is 0 Å². The number of carboxylic acid groups (broad SMARTS) is 3. The quantitative estimate of drug-likeness (QED) is 0.0968. The molecule has 3 amide bonds. The molecule has 0 saturated carbocycles. The van der Waals surface area contributed by atoms with Gasteiger partial charge in [0.2, 0.25) is 0 Å². The fourth-order valence-electron chi connectivity index (χ4n) is 4.13. The molecule has 1 saturated heterocycles. The van der Waals surface area contributed by atoms with Gasteiger partial charge < -0.3 is 25.5 Å². The number of carbonyl (C=O) groups excluding carboxylic acids is 3. The summed E-state index contributed by atoms with van der Waals surface area (Å²) in [6, 6.07) is 0. The van der Waals surface area contributed by atoms with Gasteiger partial charge in [-0.3, -0.25) is 48.4 Å². The van der Waals surface area contributed by atoms with E-state index < -0.39 is 37.5 Å². The Kier molecular flexibility index (Phi) is 13.7. The Bertz CT molecular complexity index is 1050. The Morgan fingerprint density at radius 2 is 1.05 bits per heavy atom. The summed E-state index contributed by atoms with van der Waals surface area (Å²) in [5.41, 5.74) is 0. The number of rotatable bonds is 11. The summed E-state index contributed by atoms with van der Waals surface area (Å²) < 4.78 is 59.2. The maximum atomic E-state index is 12.6. The van der Waals surface area contributed by atoms with Gasteiger partial charge in [-0.1, -0.05) is 0 Å². The number of nitrogens with zero attached hydrogens (tertiary/aromatic N) is 4. The van der Waals surface area contributed by atoms with E-state index in [1.165, 1.54) is 0 Å². The van der Waals surface area contributed by atoms with Crippen molar-refractivity contribution in [3.05, 3.63) is 12.2 Å². The third-order valence-corrected chi connectivity index (χ3v) is 6.07. The number of halogens is 6. The van der Waals surface area contributed by atoms with Crippen molar-refractivity contribution < 1.29 is 74.2 Å². The van der Waals surface area contributed by atoms with E-state index in [-0.39, 0.29) is 45.2 Å². The van der Waals surface area contributed by atoms with Crippen molar-refractivity contribution in [2.45, 2.75) is 0 Å². The standard InChI is InChI=1S/C22H34N6O9.F6P/c29-17(23-3-4-28-18(30)1-2-19(28)31)13-24-5-7-25(14-20(32)33)9-11-27(16-22(36)37)12-10-26(8-6-24)15-21(34)35;1-7(2,3,4,5)6/h1-2H,3-16H2,(H,23,29)(H,32,33)(H,34,35)(H,36,37);/q;-1/p+1. The van der Waals surface area contributed by atoms with E-state index >= 15 is 0 Å². The molecule has 5 N–H and O–H groups in total. The molecule has 2 aliphatic heterocycles. The molecular weight excluding hydrogens is 637 g/mol. The van der Waals surface area contributed by atoms with Crippen LogP contribution in [0.3, 0.4) is 0 Å². The first-order valence-corrected chi connectivity index (χ1v) is 15.0. The molecular formula is C22H35F6N6O9P. The van der Waals surface area contributed by atoms with E-state index in [4.69, 9.17) is 0 Å². The zero-order chi connectivity index (χ0) is 33.8. The molecule has 15 nitrogen and oxygen atoms in total. The second-order valence-corrected chi connectivity index (χ2v) is 11.8. The van der Waals surface area contributed by atoms with Crippen LogP contribution < -0.4 is 10.2 Å². The summed E-state index contributed by atoms with van der Waals surface area (Å²) in [6.45, 7) is 2.06. The summed E-state index contributed by atoms with van der Waals surface area (Å²) in [5.74, 6) is -4.28. The zero-order valence-electron chi connectivity index (χ0n) is 23.3. The van der Waals surface area contributed by atoms with Crippen LogP contribution >= 0.6 is 7.81 Å². The molecule has 0 aromatic carbocycles. The van der Waals surface area contributed by atoms with Crippen molar-refractivity contribution in [1.29, 1.82) is 0 Å². The Morgan fingerprint density at radius 3 is 1.39 bits per heavy atom. The number of hydrogen-bond donors (Lipinski definition) is 5. The van der Waals surface area contributed by atoms with E-state index in [0.717, 1.165) is 22.0 Å². The van der Waals surface area contributed by atoms with Crippen molar-refractivity contribution in [3.8, 4) is 0 Å². The zero-order valence-corrected chi connectivity index (χ0v) is 24.2. The first-order chi connectivity index (χ1) is 20.0. The number of aliphatic carboxylic acids is 3. The monoisotopic (exact) mass is 672 g/mol. The largest absolute Gasteiger partial charge is 0.480 e. The van der Waals surface area contributed by atoms with Gasteiger partial charge in [0.1, 0.15) is 0 Å². The number of carbonyl (C=O) groups is 6. The molecule has 44 heavy (non-hydrogen) atoms. The van der Waals surface area contributed by atoms with Crippen LogP contribution in [0.4, 0.5) is 25.2 Å². The molecule has 254 valence electrons. The summed E-state index contributed by atoms with van der Waals surface area (Å²) in [4.78, 5) is 76.6. The van der Waals surface area contributed by atoms with Crippen LogP contribution in [-0.4, -0.2) is 162 Å². The van der Waals surface area contributed by atoms with Gasteiger partial charge in [0.05, 0.1) is 32.7 Å². The van der Waals surface area contributed by atoms with Gasteiger partial charge in [0.25, 0.3) is 17.7 Å². The van der Waals surface area contributed by atoms with Crippen LogP contribution in [0.25, 0.3) is 0 Å². The van der Waals surface area contributed by atoms with Gasteiger partial charge >= 0.3 is 50.9 Å². The summed E-state index contributed by atoms with van der Waals surface area (Å²) in [6.07, 6.45) is 2.33. The van der Waals surface area contributed by atoms with E-state index in [1.54, 1.807) is 14.7 Å². The molecule has 0 aromatic rings. The molecule has 0 bridgehead atoms. The minimum absolute atomic E-state index is 0.0348. The predicted octanol–water partition coefficient (Wildman–Crippen LogP) is -1.53. The molecule has 2 rings (SSSR count). The number of imide groups is 1. The van der Waals surface area contributed by atoms with Crippen molar-refractivity contribution in [1.82, 2.24) is 24.9 Å². The Morgan fingerprint density at radius 1 is 0.705 bits per heavy atom. The molecule has 2 heterocycles. The van der Waals surface area contributed by atoms with Gasteiger partial charge in [-0.05, 0) is 0 Å². The van der Waals surface area contributed by atoms with E-state index in [2.05, 4.69) is 5.32 Å². The van der Waals surface area contributed by atoms with Gasteiger partial charge in [-0.15, -0.1) is 0 Å². The van der Waals surface area contributed by atoms with Crippen molar-refractivity contribution in [2.24, 2.45) is 0 Å². The van der Waals surface area contributed by atoms with Crippen LogP contribution in [0, 0.1) is 0 Å². The second-order valence-electron chi connectivity index (χ2n) is 9.91. The minimum atomic E-state index is -10.7. The second kappa shape index (κ2) is 15.6. The number of amides is 3. The van der Waals surface area contributed by atoms with Gasteiger partial charge in [0, 0.05) is 64.5 Å². The third kappa shape index (κ3) is 20.5. The number of nitrogens with one attached hydrogen (secondary N) is 2. The summed E-state index contributed by atoms with van der Waals surface area (Å²) >= 11 is 0. The fourth-order valence-corrected chi connectivity index (χ4v) is 4.13. The van der Waals surface area contributed by atoms with Gasteiger partial charge in [-0.2, -0.15) is 0 Å². The molecule has 0 spiro atoms. The summed E-state index contributed by atoms with van der Waals surface area (Å²) in [7, 11) is -10.7. The van der Waals surface area contributed by atoms with Crippen LogP contribution in [0.15, 0.2) is 12.2 Å². The Labute approximate surface area is 246 Å². The molecule has 1 fully saturated rings. The predicted molar refractivity (Wildman–Crippen MR) is 140 cm³/mol. The third-order valence-electron chi connectivity index (χ3n) is 6.07. The molecule has 0 unspecified atom stereocenters. The van der Waals surface area contributed by atoms with Crippen LogP contribution in [0.5, 0.6) is 0 Å². The number of hydrogen-bond acceptors (Lipinski definition) is 9. The number of quaternary nitrogens is 1. The average Bonchev–Trinajstić information content (AvgIpc) is 3.15. The average molecular weight is 673 g/mol. The van der Waals surface area contributed by atoms with Crippen molar-refractivity contribution >= 4 is 43.4 Å². The van der Waals surface area contributed by atoms with Crippen LogP contribution in [0.2, 0.25) is 0 Å². The molecule has 0 atom stereocenters. The maximum absolute atomic E-state index is 12.6. The molecule has 2 aliphatic rings. The first kappa shape index (κ1) is 38.6. The van der Waals surface area contributed by atoms with E-state index in [1.807, 2.05) is 0 Å².